The molecule has 0 saturated heterocycles. The number of hydrogen-bond donors (Lipinski definition) is 2. The molecule has 3 rings (SSSR count). The van der Waals surface area contributed by atoms with E-state index in [-0.39, 0.29) is 12.1 Å². The van der Waals surface area contributed by atoms with Crippen molar-refractivity contribution in [3.05, 3.63) is 35.4 Å². The quantitative estimate of drug-likeness (QED) is 0.845. The number of nitrogens with zero attached hydrogens (tertiary/aromatic N) is 3. The second-order valence-electron chi connectivity index (χ2n) is 5.04. The third kappa shape index (κ3) is 3.36. The molecule has 2 amide bonds. The van der Waals surface area contributed by atoms with Crippen molar-refractivity contribution in [1.29, 1.82) is 0 Å². The number of rotatable bonds is 3. The fourth-order valence-corrected chi connectivity index (χ4v) is 3.32. The van der Waals surface area contributed by atoms with Gasteiger partial charge in [-0.25, -0.2) is 14.5 Å². The molecule has 0 saturated carbocycles. The first-order valence-electron chi connectivity index (χ1n) is 6.93. The van der Waals surface area contributed by atoms with Crippen LogP contribution in [0.4, 0.5) is 10.5 Å². The van der Waals surface area contributed by atoms with Gasteiger partial charge in [0.25, 0.3) is 0 Å². The third-order valence-corrected chi connectivity index (χ3v) is 4.77. The molecule has 22 heavy (non-hydrogen) atoms. The highest BCUT2D eigenvalue weighted by atomic mass is 35.5. The first-order chi connectivity index (χ1) is 10.7. The average molecular weight is 338 g/mol. The Morgan fingerprint density at radius 3 is 3.14 bits per heavy atom. The number of thioether (sulfide) groups is 1. The lowest BCUT2D eigenvalue weighted by Gasteiger charge is -2.23. The highest BCUT2D eigenvalue weighted by Gasteiger charge is 2.21. The second-order valence-corrected chi connectivity index (χ2v) is 6.30. The maximum absolute atomic E-state index is 12.1. The molecule has 1 aromatic heterocycles. The first-order valence-corrected chi connectivity index (χ1v) is 8.53. The summed E-state index contributed by atoms with van der Waals surface area (Å²) in [5.74, 6) is 0.970. The minimum absolute atomic E-state index is 0.0511. The number of nitrogens with one attached hydrogen (secondary N) is 2. The van der Waals surface area contributed by atoms with Gasteiger partial charge >= 0.3 is 6.03 Å². The Balaban J connectivity index is 1.58. The van der Waals surface area contributed by atoms with Crippen LogP contribution in [0.5, 0.6) is 0 Å². The van der Waals surface area contributed by atoms with Crippen LogP contribution in [0, 0.1) is 0 Å². The number of carbonyl (C=O) groups is 1. The molecule has 1 aliphatic rings. The summed E-state index contributed by atoms with van der Waals surface area (Å²) in [7, 11) is 0. The predicted molar refractivity (Wildman–Crippen MR) is 87.5 cm³/mol. The van der Waals surface area contributed by atoms with Gasteiger partial charge in [-0.15, -0.1) is 11.8 Å². The average Bonchev–Trinajstić information content (AvgIpc) is 2.95. The molecule has 0 spiro atoms. The van der Waals surface area contributed by atoms with Gasteiger partial charge in [-0.05, 0) is 30.9 Å². The fraction of sp³-hybridized carbons (Fsp3) is 0.357. The first kappa shape index (κ1) is 15.2. The van der Waals surface area contributed by atoms with Crippen LogP contribution in [0.1, 0.15) is 12.2 Å². The molecule has 8 heteroatoms. The number of aromatic nitrogens is 3. The SMILES string of the molecule is CSc1ccc(NC(=O)N[C@@H]2CCc3ncnn3C2)cc1Cl. The van der Waals surface area contributed by atoms with Gasteiger partial charge in [0.1, 0.15) is 12.2 Å². The van der Waals surface area contributed by atoms with E-state index in [9.17, 15) is 4.79 Å². The summed E-state index contributed by atoms with van der Waals surface area (Å²) in [5, 5.41) is 10.5. The zero-order chi connectivity index (χ0) is 15.5. The Kier molecular flexibility index (Phi) is 4.54. The Hall–Kier alpha value is -1.73. The summed E-state index contributed by atoms with van der Waals surface area (Å²) >= 11 is 7.71. The maximum atomic E-state index is 12.1. The van der Waals surface area contributed by atoms with Crippen LogP contribution < -0.4 is 10.6 Å². The van der Waals surface area contributed by atoms with Crippen molar-refractivity contribution >= 4 is 35.1 Å². The largest absolute Gasteiger partial charge is 0.333 e. The number of aryl methyl sites for hydroxylation is 1. The lowest BCUT2D eigenvalue weighted by Crippen LogP contribution is -2.43. The van der Waals surface area contributed by atoms with Crippen molar-refractivity contribution in [2.45, 2.75) is 30.3 Å². The molecule has 0 fully saturated rings. The Morgan fingerprint density at radius 2 is 2.36 bits per heavy atom. The van der Waals surface area contributed by atoms with E-state index in [2.05, 4.69) is 20.7 Å². The van der Waals surface area contributed by atoms with Gasteiger partial charge < -0.3 is 10.6 Å². The van der Waals surface area contributed by atoms with E-state index in [0.717, 1.165) is 23.6 Å². The van der Waals surface area contributed by atoms with Gasteiger partial charge in [-0.2, -0.15) is 5.10 Å². The highest BCUT2D eigenvalue weighted by molar-refractivity contribution is 7.98. The molecule has 2 aromatic rings. The number of amides is 2. The van der Waals surface area contributed by atoms with Gasteiger partial charge in [0, 0.05) is 17.0 Å². The summed E-state index contributed by atoms with van der Waals surface area (Å²) in [5.41, 5.74) is 0.678. The van der Waals surface area contributed by atoms with Crippen LogP contribution in [-0.2, 0) is 13.0 Å². The fourth-order valence-electron chi connectivity index (χ4n) is 2.45. The molecule has 116 valence electrons. The number of benzene rings is 1. The van der Waals surface area contributed by atoms with E-state index in [1.807, 2.05) is 23.1 Å². The smallest absolute Gasteiger partial charge is 0.319 e. The van der Waals surface area contributed by atoms with Gasteiger partial charge in [0.2, 0.25) is 0 Å². The number of anilines is 1. The molecule has 6 nitrogen and oxygen atoms in total. The number of carbonyl (C=O) groups excluding carboxylic acids is 1. The third-order valence-electron chi connectivity index (χ3n) is 3.55. The zero-order valence-electron chi connectivity index (χ0n) is 12.0. The molecule has 0 bridgehead atoms. The molecule has 0 radical (unpaired) electrons. The topological polar surface area (TPSA) is 71.8 Å². The lowest BCUT2D eigenvalue weighted by atomic mass is 10.1. The molecular formula is C14H16ClN5OS. The monoisotopic (exact) mass is 337 g/mol. The summed E-state index contributed by atoms with van der Waals surface area (Å²) in [6.07, 6.45) is 5.19. The summed E-state index contributed by atoms with van der Waals surface area (Å²) in [6, 6.07) is 5.30. The Morgan fingerprint density at radius 1 is 1.50 bits per heavy atom. The van der Waals surface area contributed by atoms with E-state index in [0.29, 0.717) is 17.3 Å². The number of urea groups is 1. The minimum Gasteiger partial charge on any atom is -0.333 e. The van der Waals surface area contributed by atoms with Crippen molar-refractivity contribution in [3.8, 4) is 0 Å². The van der Waals surface area contributed by atoms with Crippen molar-refractivity contribution in [2.75, 3.05) is 11.6 Å². The van der Waals surface area contributed by atoms with Crippen LogP contribution in [0.25, 0.3) is 0 Å². The predicted octanol–water partition coefficient (Wildman–Crippen LogP) is 2.79. The Labute approximate surface area is 137 Å². The molecule has 1 atom stereocenters. The molecule has 1 aromatic carbocycles. The normalized spacial score (nSPS) is 16.9. The van der Waals surface area contributed by atoms with Crippen molar-refractivity contribution in [2.24, 2.45) is 0 Å². The van der Waals surface area contributed by atoms with Crippen LogP contribution >= 0.6 is 23.4 Å². The summed E-state index contributed by atoms with van der Waals surface area (Å²) < 4.78 is 1.83. The molecular weight excluding hydrogens is 322 g/mol. The lowest BCUT2D eigenvalue weighted by molar-refractivity contribution is 0.243. The number of halogens is 1. The van der Waals surface area contributed by atoms with Crippen molar-refractivity contribution in [1.82, 2.24) is 20.1 Å². The standard InChI is InChI=1S/C14H16ClN5OS/c1-22-12-4-2-9(6-11(12)15)18-14(21)19-10-3-5-13-16-8-17-20(13)7-10/h2,4,6,8,10H,3,5,7H2,1H3,(H2,18,19,21)/t10-/m1/s1. The number of fused-ring (bicyclic) bond motifs is 1. The summed E-state index contributed by atoms with van der Waals surface area (Å²) in [6.45, 7) is 0.648. The maximum Gasteiger partial charge on any atom is 0.319 e. The Bertz CT molecular complexity index is 690. The summed E-state index contributed by atoms with van der Waals surface area (Å²) in [4.78, 5) is 17.2. The van der Waals surface area contributed by atoms with Gasteiger partial charge in [0.05, 0.1) is 17.6 Å². The van der Waals surface area contributed by atoms with Crippen LogP contribution in [0.15, 0.2) is 29.4 Å². The second kappa shape index (κ2) is 6.58. The van der Waals surface area contributed by atoms with E-state index in [4.69, 9.17) is 11.6 Å². The molecule has 2 heterocycles. The van der Waals surface area contributed by atoms with Crippen LogP contribution in [0.2, 0.25) is 5.02 Å². The van der Waals surface area contributed by atoms with Gasteiger partial charge in [-0.1, -0.05) is 11.6 Å². The van der Waals surface area contributed by atoms with Gasteiger partial charge in [0.15, 0.2) is 0 Å². The highest BCUT2D eigenvalue weighted by Crippen LogP contribution is 2.27. The van der Waals surface area contributed by atoms with Crippen molar-refractivity contribution in [3.63, 3.8) is 0 Å². The molecule has 2 N–H and O–H groups in total. The van der Waals surface area contributed by atoms with Crippen LogP contribution in [-0.4, -0.2) is 33.1 Å². The van der Waals surface area contributed by atoms with Crippen molar-refractivity contribution < 1.29 is 4.79 Å². The van der Waals surface area contributed by atoms with E-state index in [1.165, 1.54) is 0 Å². The van der Waals surface area contributed by atoms with Gasteiger partial charge in [-0.3, -0.25) is 0 Å². The zero-order valence-corrected chi connectivity index (χ0v) is 13.6. The van der Waals surface area contributed by atoms with E-state index >= 15 is 0 Å². The minimum atomic E-state index is -0.235. The van der Waals surface area contributed by atoms with E-state index < -0.39 is 0 Å². The molecule has 0 aliphatic carbocycles. The molecule has 1 aliphatic heterocycles. The van der Waals surface area contributed by atoms with Crippen LogP contribution in [0.3, 0.4) is 0 Å². The van der Waals surface area contributed by atoms with E-state index in [1.54, 1.807) is 24.2 Å². The molecule has 0 unspecified atom stereocenters. The number of hydrogen-bond acceptors (Lipinski definition) is 4.